The molecular weight excluding hydrogens is 130 g/mol. The van der Waals surface area contributed by atoms with Crippen LogP contribution in [0.15, 0.2) is 0 Å². The molecule has 0 saturated heterocycles. The quantitative estimate of drug-likeness (QED) is 0.340. The van der Waals surface area contributed by atoms with Crippen LogP contribution in [0.1, 0.15) is 0 Å². The van der Waals surface area contributed by atoms with Crippen molar-refractivity contribution in [3.63, 3.8) is 0 Å². The smallest absolute Gasteiger partial charge is 0.131 e. The minimum absolute atomic E-state index is 0. The second-order valence-corrected chi connectivity index (χ2v) is 1.08. The van der Waals surface area contributed by atoms with E-state index >= 15 is 0 Å². The summed E-state index contributed by atoms with van der Waals surface area (Å²) in [6, 6.07) is 0. The Labute approximate surface area is 43.1 Å². The van der Waals surface area contributed by atoms with E-state index in [0.717, 1.165) is 0 Å². The first-order chi connectivity index (χ1) is 1.73. The number of hydrogen-bond donors (Lipinski definition) is 0. The van der Waals surface area contributed by atoms with Crippen LogP contribution in [0.3, 0.4) is 0 Å². The van der Waals surface area contributed by atoms with Crippen LogP contribution in [0.2, 0.25) is 0 Å². The molecule has 32 valence electrons. The van der Waals surface area contributed by atoms with Gasteiger partial charge in [0.25, 0.3) is 0 Å². The molecule has 0 N–H and O–H groups in total. The van der Waals surface area contributed by atoms with Crippen LogP contribution in [0.25, 0.3) is 0 Å². The molecule has 0 atom stereocenters. The molecule has 0 aromatic carbocycles. The molecular formula is C3H9BrN+. The first kappa shape index (κ1) is 8.94. The molecule has 0 radical (unpaired) electrons. The van der Waals surface area contributed by atoms with Crippen molar-refractivity contribution in [1.29, 1.82) is 0 Å². The van der Waals surface area contributed by atoms with Gasteiger partial charge in [-0.1, -0.05) is 0 Å². The summed E-state index contributed by atoms with van der Waals surface area (Å²) >= 11 is 0. The normalized spacial score (nSPS) is 5.20. The third kappa shape index (κ3) is 853. The summed E-state index contributed by atoms with van der Waals surface area (Å²) in [5, 5.41) is 0. The second kappa shape index (κ2) is 4.15. The second-order valence-electron chi connectivity index (χ2n) is 1.08. The zero-order chi connectivity index (χ0) is 3.58. The van der Waals surface area contributed by atoms with Gasteiger partial charge >= 0.3 is 0 Å². The van der Waals surface area contributed by atoms with Crippen molar-refractivity contribution < 1.29 is 4.58 Å². The van der Waals surface area contributed by atoms with Gasteiger partial charge < -0.3 is 0 Å². The molecule has 0 unspecified atom stereocenters. The molecule has 0 fully saturated rings. The molecule has 0 aliphatic carbocycles. The summed E-state index contributed by atoms with van der Waals surface area (Å²) in [4.78, 5) is 0. The monoisotopic (exact) mass is 138 g/mol. The van der Waals surface area contributed by atoms with Gasteiger partial charge in [0.1, 0.15) is 20.8 Å². The molecule has 0 amide bonds. The Bertz CT molecular complexity index is 29.9. The van der Waals surface area contributed by atoms with Crippen molar-refractivity contribution in [3.05, 3.63) is 0 Å². The summed E-state index contributed by atoms with van der Waals surface area (Å²) in [6.45, 7) is 3.47. The molecule has 0 aromatic heterocycles. The summed E-state index contributed by atoms with van der Waals surface area (Å²) in [7, 11) is 3.78. The topological polar surface area (TPSA) is 3.01 Å². The Morgan fingerprint density at radius 3 is 1.40 bits per heavy atom. The van der Waals surface area contributed by atoms with Crippen LogP contribution >= 0.6 is 17.0 Å². The molecule has 0 aliphatic rings. The van der Waals surface area contributed by atoms with Crippen LogP contribution in [0.5, 0.6) is 0 Å². The predicted octanol–water partition coefficient (Wildman–Crippen LogP) is 0.537. The van der Waals surface area contributed by atoms with E-state index in [9.17, 15) is 0 Å². The Balaban J connectivity index is 0. The lowest BCUT2D eigenvalue weighted by Crippen LogP contribution is -1.86. The van der Waals surface area contributed by atoms with Crippen LogP contribution < -0.4 is 0 Å². The van der Waals surface area contributed by atoms with Gasteiger partial charge in [-0.05, 0) is 0 Å². The molecule has 0 rings (SSSR count). The summed E-state index contributed by atoms with van der Waals surface area (Å²) in [5.74, 6) is 0. The maximum absolute atomic E-state index is 3.47. The molecule has 0 aliphatic heterocycles. The minimum Gasteiger partial charge on any atom is -0.248 e. The molecule has 0 saturated carbocycles. The Hall–Kier alpha value is 0.150. The number of hydrogen-bond acceptors (Lipinski definition) is 0. The summed E-state index contributed by atoms with van der Waals surface area (Å²) in [6.07, 6.45) is 0. The van der Waals surface area contributed by atoms with Crippen LogP contribution in [-0.2, 0) is 0 Å². The minimum atomic E-state index is 0. The highest BCUT2D eigenvalue weighted by Gasteiger charge is 1.53. The Morgan fingerprint density at radius 2 is 1.40 bits per heavy atom. The van der Waals surface area contributed by atoms with E-state index in [0.29, 0.717) is 0 Å². The van der Waals surface area contributed by atoms with Crippen molar-refractivity contribution in [2.24, 2.45) is 0 Å². The van der Waals surface area contributed by atoms with E-state index in [1.807, 2.05) is 14.1 Å². The summed E-state index contributed by atoms with van der Waals surface area (Å²) in [5.41, 5.74) is 0. The van der Waals surface area contributed by atoms with Gasteiger partial charge in [-0.15, -0.1) is 17.0 Å². The average molecular weight is 139 g/mol. The molecule has 0 heterocycles. The largest absolute Gasteiger partial charge is 0.248 e. The van der Waals surface area contributed by atoms with E-state index in [4.69, 9.17) is 0 Å². The maximum Gasteiger partial charge on any atom is 0.131 e. The van der Waals surface area contributed by atoms with Crippen molar-refractivity contribution in [2.75, 3.05) is 14.1 Å². The van der Waals surface area contributed by atoms with Crippen molar-refractivity contribution in [2.45, 2.75) is 0 Å². The molecule has 0 aromatic rings. The fraction of sp³-hybridized carbons (Fsp3) is 0.667. The molecule has 0 spiro atoms. The van der Waals surface area contributed by atoms with Crippen molar-refractivity contribution >= 4 is 23.7 Å². The van der Waals surface area contributed by atoms with Crippen LogP contribution in [0, 0.1) is 0 Å². The van der Waals surface area contributed by atoms with E-state index in [-0.39, 0.29) is 17.0 Å². The highest BCUT2D eigenvalue weighted by molar-refractivity contribution is 8.93. The van der Waals surface area contributed by atoms with Gasteiger partial charge in [0.05, 0.1) is 0 Å². The lowest BCUT2D eigenvalue weighted by Gasteiger charge is -1.65. The average Bonchev–Trinajstić information content (AvgIpc) is 0.811. The highest BCUT2D eigenvalue weighted by Crippen LogP contribution is 1.30. The highest BCUT2D eigenvalue weighted by atomic mass is 79.9. The molecule has 5 heavy (non-hydrogen) atoms. The first-order valence-corrected chi connectivity index (χ1v) is 1.21. The van der Waals surface area contributed by atoms with Crippen LogP contribution in [-0.4, -0.2) is 25.4 Å². The van der Waals surface area contributed by atoms with Gasteiger partial charge in [0.2, 0.25) is 0 Å². The number of halogens is 1. The van der Waals surface area contributed by atoms with Gasteiger partial charge in [-0.3, -0.25) is 0 Å². The first-order valence-electron chi connectivity index (χ1n) is 1.21. The fourth-order valence-electron chi connectivity index (χ4n) is 0. The zero-order valence-electron chi connectivity index (χ0n) is 3.56. The van der Waals surface area contributed by atoms with E-state index in [1.165, 1.54) is 0 Å². The summed E-state index contributed by atoms with van der Waals surface area (Å²) < 4.78 is 1.75. The third-order valence-corrected chi connectivity index (χ3v) is 0. The fourth-order valence-corrected chi connectivity index (χ4v) is 0. The Kier molecular flexibility index (Phi) is 7.42. The standard InChI is InChI=1S/C3H8N.BrH/c1-4(2)3;/h1H2,2-3H3;1H/q+1;. The van der Waals surface area contributed by atoms with Crippen LogP contribution in [0.4, 0.5) is 0 Å². The predicted molar refractivity (Wildman–Crippen MR) is 29.6 cm³/mol. The van der Waals surface area contributed by atoms with E-state index < -0.39 is 0 Å². The molecule has 2 heteroatoms. The zero-order valence-corrected chi connectivity index (χ0v) is 5.28. The van der Waals surface area contributed by atoms with E-state index in [1.54, 1.807) is 4.58 Å². The van der Waals surface area contributed by atoms with E-state index in [2.05, 4.69) is 6.72 Å². The van der Waals surface area contributed by atoms with Gasteiger partial charge in [-0.2, -0.15) is 0 Å². The molecule has 1 nitrogen and oxygen atoms in total. The van der Waals surface area contributed by atoms with Gasteiger partial charge in [0.15, 0.2) is 0 Å². The maximum atomic E-state index is 3.47. The lowest BCUT2D eigenvalue weighted by atomic mass is 11.1. The molecule has 0 bridgehead atoms. The van der Waals surface area contributed by atoms with Gasteiger partial charge in [-0.25, -0.2) is 4.58 Å². The SMILES string of the molecule is Br.C=[N+](C)C. The lowest BCUT2D eigenvalue weighted by molar-refractivity contribution is -0.454. The number of rotatable bonds is 0. The Morgan fingerprint density at radius 1 is 1.40 bits per heavy atom. The number of nitrogens with zero attached hydrogens (tertiary/aromatic N) is 1. The van der Waals surface area contributed by atoms with Crippen molar-refractivity contribution in [1.82, 2.24) is 0 Å². The van der Waals surface area contributed by atoms with Gasteiger partial charge in [0, 0.05) is 0 Å². The third-order valence-electron chi connectivity index (χ3n) is 0. The van der Waals surface area contributed by atoms with Crippen molar-refractivity contribution in [3.8, 4) is 0 Å².